The second-order valence-electron chi connectivity index (χ2n) is 9.52. The molecule has 0 radical (unpaired) electrons. The first-order valence-corrected chi connectivity index (χ1v) is 13.2. The molecule has 1 aliphatic heterocycles. The van der Waals surface area contributed by atoms with E-state index in [1.165, 1.54) is 38.5 Å². The van der Waals surface area contributed by atoms with E-state index >= 15 is 0 Å². The van der Waals surface area contributed by atoms with Crippen LogP contribution in [0.2, 0.25) is 23.2 Å². The molecule has 108 valence electrons. The van der Waals surface area contributed by atoms with Gasteiger partial charge in [-0.3, -0.25) is 0 Å². The normalized spacial score (nSPS) is 77.3. The molecule has 1 saturated heterocycles. The molecule has 4 unspecified atom stereocenters. The maximum atomic E-state index is 13.6. The fourth-order valence-electron chi connectivity index (χ4n) is 10.4. The smallest absolute Gasteiger partial charge is 0.163 e. The Labute approximate surface area is 121 Å². The highest BCUT2D eigenvalue weighted by molar-refractivity contribution is 7.96. The van der Waals surface area contributed by atoms with Crippen molar-refractivity contribution in [2.24, 2.45) is 23.7 Å². The number of hydrogen-bond donors (Lipinski definition) is 0. The molecule has 0 bridgehead atoms. The van der Waals surface area contributed by atoms with Crippen molar-refractivity contribution in [2.45, 2.75) is 71.2 Å². The van der Waals surface area contributed by atoms with Crippen molar-refractivity contribution in [3.05, 3.63) is 0 Å². The fraction of sp³-hybridized carbons (Fsp3) is 1.00. The van der Waals surface area contributed by atoms with Gasteiger partial charge >= 0.3 is 0 Å². The van der Waals surface area contributed by atoms with Crippen molar-refractivity contribution >= 4 is 17.9 Å². The van der Waals surface area contributed by atoms with Gasteiger partial charge in [-0.05, 0) is 59.4 Å². The molecule has 7 fully saturated rings. The van der Waals surface area contributed by atoms with Gasteiger partial charge in [-0.15, -0.1) is 0 Å². The lowest BCUT2D eigenvalue weighted by atomic mass is 9.87. The first-order chi connectivity index (χ1) is 9.44. The third-order valence-electron chi connectivity index (χ3n) is 10.2. The predicted molar refractivity (Wildman–Crippen MR) is 78.9 cm³/mol. The third kappa shape index (κ3) is 0.475. The summed E-state index contributed by atoms with van der Waals surface area (Å²) in [7, 11) is -4.24. The van der Waals surface area contributed by atoms with Gasteiger partial charge in [0.05, 0.1) is 17.6 Å². The van der Waals surface area contributed by atoms with Crippen LogP contribution in [-0.4, -0.2) is 26.0 Å². The molecule has 6 aliphatic carbocycles. The fourth-order valence-corrected chi connectivity index (χ4v) is 25.7. The molecule has 2 spiro atoms. The van der Waals surface area contributed by atoms with Gasteiger partial charge in [-0.2, -0.15) is 0 Å². The average molecular weight is 307 g/mol. The van der Waals surface area contributed by atoms with Crippen LogP contribution in [0.4, 0.5) is 0 Å². The van der Waals surface area contributed by atoms with E-state index in [1.807, 2.05) is 0 Å². The Hall–Kier alpha value is 0.167. The SMILES string of the molecule is C[Si]1(C)C23C4CCCC2C43S(=O)(=O)C23C4CCCC2C431. The van der Waals surface area contributed by atoms with Crippen molar-refractivity contribution < 1.29 is 8.42 Å². The highest BCUT2D eigenvalue weighted by atomic mass is 32.2. The van der Waals surface area contributed by atoms with Gasteiger partial charge in [0.2, 0.25) is 0 Å². The molecule has 0 N–H and O–H groups in total. The molecule has 1 heterocycles. The molecular weight excluding hydrogens is 284 g/mol. The summed E-state index contributed by atoms with van der Waals surface area (Å²) >= 11 is 0. The van der Waals surface area contributed by atoms with Crippen LogP contribution in [0.5, 0.6) is 0 Å². The average Bonchev–Trinajstić information content (AvgIpc) is 3.32. The van der Waals surface area contributed by atoms with E-state index in [9.17, 15) is 8.42 Å². The molecule has 0 aromatic carbocycles. The molecule has 0 aromatic rings. The van der Waals surface area contributed by atoms with Gasteiger partial charge in [0.1, 0.15) is 0 Å². The summed E-state index contributed by atoms with van der Waals surface area (Å²) in [5, 5.41) is 0.781. The lowest BCUT2D eigenvalue weighted by Crippen LogP contribution is -2.43. The minimum absolute atomic E-state index is 0.127. The zero-order valence-corrected chi connectivity index (χ0v) is 14.1. The Kier molecular flexibility index (Phi) is 1.17. The zero-order chi connectivity index (χ0) is 13.6. The van der Waals surface area contributed by atoms with Gasteiger partial charge in [0.25, 0.3) is 0 Å². The number of rotatable bonds is 0. The summed E-state index contributed by atoms with van der Waals surface area (Å²) in [6.45, 7) is 5.25. The third-order valence-corrected chi connectivity index (χ3v) is 20.5. The monoisotopic (exact) mass is 306 g/mol. The first-order valence-electron chi connectivity index (χ1n) is 8.68. The molecular formula is C16H22O2SSi. The summed E-state index contributed by atoms with van der Waals surface area (Å²) in [6, 6.07) is 0. The van der Waals surface area contributed by atoms with E-state index in [4.69, 9.17) is 0 Å². The molecule has 7 rings (SSSR count). The topological polar surface area (TPSA) is 34.1 Å². The maximum absolute atomic E-state index is 13.6. The van der Waals surface area contributed by atoms with E-state index in [-0.39, 0.29) is 9.49 Å². The Morgan fingerprint density at radius 1 is 0.800 bits per heavy atom. The van der Waals surface area contributed by atoms with E-state index < -0.39 is 17.9 Å². The van der Waals surface area contributed by atoms with Crippen LogP contribution >= 0.6 is 0 Å². The van der Waals surface area contributed by atoms with Gasteiger partial charge in [-0.25, -0.2) is 8.42 Å². The standard InChI is InChI=1S/C16H22O2SSi/c1-20(2)15-9-5-3-6-10(15)13(9,15)19(17,18)14-11-7-4-8-12(14)16(11,14)20/h9-12H,3-8H2,1-2H3. The number of hydrogen-bond acceptors (Lipinski definition) is 2. The van der Waals surface area contributed by atoms with Crippen LogP contribution in [0.15, 0.2) is 0 Å². The summed E-state index contributed by atoms with van der Waals surface area (Å²) in [6.07, 6.45) is 7.60. The minimum Gasteiger partial charge on any atom is -0.228 e. The van der Waals surface area contributed by atoms with Gasteiger partial charge in [0.15, 0.2) is 9.84 Å². The van der Waals surface area contributed by atoms with Crippen molar-refractivity contribution in [3.8, 4) is 0 Å². The Balaban J connectivity index is 1.57. The van der Waals surface area contributed by atoms with Gasteiger partial charge < -0.3 is 0 Å². The highest BCUT2D eigenvalue weighted by Gasteiger charge is 3.22. The van der Waals surface area contributed by atoms with Crippen molar-refractivity contribution in [1.82, 2.24) is 0 Å². The van der Waals surface area contributed by atoms with Crippen molar-refractivity contribution in [1.29, 1.82) is 0 Å². The van der Waals surface area contributed by atoms with Crippen LogP contribution in [0.25, 0.3) is 0 Å². The quantitative estimate of drug-likeness (QED) is 0.645. The Morgan fingerprint density at radius 2 is 1.15 bits per heavy atom. The van der Waals surface area contributed by atoms with Crippen LogP contribution in [-0.2, 0) is 9.84 Å². The number of sulfone groups is 1. The molecule has 2 nitrogen and oxygen atoms in total. The molecule has 0 aromatic heterocycles. The van der Waals surface area contributed by atoms with Gasteiger partial charge in [0, 0.05) is 0 Å². The van der Waals surface area contributed by atoms with Crippen LogP contribution in [0.3, 0.4) is 0 Å². The van der Waals surface area contributed by atoms with E-state index in [2.05, 4.69) is 13.1 Å². The predicted octanol–water partition coefficient (Wildman–Crippen LogP) is 2.97. The Bertz CT molecular complexity index is 658. The molecule has 4 atom stereocenters. The minimum atomic E-state index is -2.82. The lowest BCUT2D eigenvalue weighted by Gasteiger charge is -2.42. The van der Waals surface area contributed by atoms with Crippen molar-refractivity contribution in [2.75, 3.05) is 0 Å². The maximum Gasteiger partial charge on any atom is 0.163 e. The van der Waals surface area contributed by atoms with Crippen LogP contribution < -0.4 is 0 Å². The van der Waals surface area contributed by atoms with Crippen molar-refractivity contribution in [3.63, 3.8) is 0 Å². The summed E-state index contributed by atoms with van der Waals surface area (Å²) in [5.41, 5.74) is 0. The summed E-state index contributed by atoms with van der Waals surface area (Å²) in [4.78, 5) is 0. The van der Waals surface area contributed by atoms with E-state index in [0.717, 1.165) is 0 Å². The Morgan fingerprint density at radius 3 is 1.50 bits per heavy atom. The molecule has 20 heavy (non-hydrogen) atoms. The zero-order valence-electron chi connectivity index (χ0n) is 12.3. The first kappa shape index (κ1) is 10.8. The molecule has 6 saturated carbocycles. The van der Waals surface area contributed by atoms with E-state index in [0.29, 0.717) is 33.7 Å². The molecule has 0 amide bonds. The summed E-state index contributed by atoms with van der Waals surface area (Å²) in [5.74, 6) is 2.51. The lowest BCUT2D eigenvalue weighted by molar-refractivity contribution is 0.311. The van der Waals surface area contributed by atoms with Crippen LogP contribution in [0.1, 0.15) is 38.5 Å². The molecule has 7 aliphatic rings. The molecule has 4 heteroatoms. The largest absolute Gasteiger partial charge is 0.228 e. The summed E-state index contributed by atoms with van der Waals surface area (Å²) < 4.78 is 27.0. The van der Waals surface area contributed by atoms with Gasteiger partial charge in [-0.1, -0.05) is 25.9 Å². The van der Waals surface area contributed by atoms with Crippen LogP contribution in [0, 0.1) is 23.7 Å². The second-order valence-corrected chi connectivity index (χ2v) is 16.8. The van der Waals surface area contributed by atoms with E-state index in [1.54, 1.807) is 0 Å². The second kappa shape index (κ2) is 2.16. The highest BCUT2D eigenvalue weighted by Crippen LogP contribution is 3.18.